The number of rotatable bonds is 6. The summed E-state index contributed by atoms with van der Waals surface area (Å²) in [6.45, 7) is 0.521. The average Bonchev–Trinajstić information content (AvgIpc) is 2.54. The number of nitrogens with one attached hydrogen (secondary N) is 1. The summed E-state index contributed by atoms with van der Waals surface area (Å²) in [7, 11) is 0. The van der Waals surface area contributed by atoms with E-state index in [9.17, 15) is 13.6 Å². The summed E-state index contributed by atoms with van der Waals surface area (Å²) in [5, 5.41) is 12.2. The molecular weight excluding hydrogens is 350 g/mol. The van der Waals surface area contributed by atoms with E-state index in [0.717, 1.165) is 11.8 Å². The molecule has 9 heteroatoms. The first-order valence-corrected chi connectivity index (χ1v) is 8.10. The molecule has 0 saturated carbocycles. The number of thioether (sulfide) groups is 1. The Labute approximate surface area is 147 Å². The number of ether oxygens (including phenoxy) is 1. The van der Waals surface area contributed by atoms with Gasteiger partial charge in [-0.05, 0) is 38.1 Å². The standard InChI is InChI=1S/C16H14F2N4O2S/c1-9-13(7-19)15(21-10(2)20-9)25-8-14(23)22-11-3-5-12(6-4-11)24-16(17)18/h3-6,16H,8H2,1-2H3,(H,22,23). The molecule has 2 rings (SSSR count). The molecule has 0 unspecified atom stereocenters. The molecule has 0 aliphatic carbocycles. The van der Waals surface area contributed by atoms with Crippen molar-refractivity contribution in [2.45, 2.75) is 25.5 Å². The van der Waals surface area contributed by atoms with Crippen molar-refractivity contribution in [1.29, 1.82) is 5.26 Å². The van der Waals surface area contributed by atoms with Crippen LogP contribution in [0, 0.1) is 25.2 Å². The fourth-order valence-electron chi connectivity index (χ4n) is 1.97. The zero-order chi connectivity index (χ0) is 18.4. The molecule has 0 aliphatic heterocycles. The van der Waals surface area contributed by atoms with E-state index in [1.54, 1.807) is 13.8 Å². The van der Waals surface area contributed by atoms with E-state index in [1.165, 1.54) is 24.3 Å². The van der Waals surface area contributed by atoms with Crippen LogP contribution in [-0.4, -0.2) is 28.2 Å². The Bertz CT molecular complexity index is 807. The lowest BCUT2D eigenvalue weighted by Crippen LogP contribution is -2.14. The third-order valence-electron chi connectivity index (χ3n) is 2.98. The van der Waals surface area contributed by atoms with Gasteiger partial charge in [0.15, 0.2) is 0 Å². The minimum atomic E-state index is -2.90. The Hall–Kier alpha value is -2.73. The molecule has 1 amide bonds. The second-order valence-corrected chi connectivity index (χ2v) is 5.85. The molecule has 25 heavy (non-hydrogen) atoms. The van der Waals surface area contributed by atoms with E-state index in [-0.39, 0.29) is 17.4 Å². The molecular formula is C16H14F2N4O2S. The highest BCUT2D eigenvalue weighted by Gasteiger charge is 2.13. The summed E-state index contributed by atoms with van der Waals surface area (Å²) >= 11 is 1.13. The number of benzene rings is 1. The van der Waals surface area contributed by atoms with Crippen LogP contribution in [0.4, 0.5) is 14.5 Å². The van der Waals surface area contributed by atoms with Crippen molar-refractivity contribution >= 4 is 23.4 Å². The number of carbonyl (C=O) groups excluding carboxylic acids is 1. The zero-order valence-electron chi connectivity index (χ0n) is 13.4. The highest BCUT2D eigenvalue weighted by Crippen LogP contribution is 2.23. The van der Waals surface area contributed by atoms with Crippen LogP contribution in [0.2, 0.25) is 0 Å². The van der Waals surface area contributed by atoms with Crippen molar-refractivity contribution < 1.29 is 18.3 Å². The first-order chi connectivity index (χ1) is 11.9. The molecule has 0 bridgehead atoms. The van der Waals surface area contributed by atoms with Crippen LogP contribution < -0.4 is 10.1 Å². The van der Waals surface area contributed by atoms with Crippen LogP contribution in [0.5, 0.6) is 5.75 Å². The highest BCUT2D eigenvalue weighted by molar-refractivity contribution is 8.00. The SMILES string of the molecule is Cc1nc(C)c(C#N)c(SCC(=O)Nc2ccc(OC(F)F)cc2)n1. The third kappa shape index (κ3) is 5.39. The summed E-state index contributed by atoms with van der Waals surface area (Å²) in [5.41, 5.74) is 1.35. The molecule has 1 heterocycles. The first-order valence-electron chi connectivity index (χ1n) is 7.12. The van der Waals surface area contributed by atoms with Gasteiger partial charge in [0.1, 0.15) is 28.2 Å². The predicted octanol–water partition coefficient (Wildman–Crippen LogP) is 3.30. The summed E-state index contributed by atoms with van der Waals surface area (Å²) in [6, 6.07) is 7.62. The number of nitrogens with zero attached hydrogens (tertiary/aromatic N) is 3. The molecule has 0 spiro atoms. The summed E-state index contributed by atoms with van der Waals surface area (Å²) in [4.78, 5) is 20.3. The number of amides is 1. The number of nitriles is 1. The van der Waals surface area contributed by atoms with Gasteiger partial charge >= 0.3 is 6.61 Å². The first kappa shape index (κ1) is 18.6. The lowest BCUT2D eigenvalue weighted by Gasteiger charge is -2.08. The minimum Gasteiger partial charge on any atom is -0.435 e. The van der Waals surface area contributed by atoms with Crippen molar-refractivity contribution in [2.24, 2.45) is 0 Å². The number of hydrogen-bond acceptors (Lipinski definition) is 6. The molecule has 1 N–H and O–H groups in total. The van der Waals surface area contributed by atoms with Gasteiger partial charge in [0, 0.05) is 5.69 Å². The summed E-state index contributed by atoms with van der Waals surface area (Å²) in [6.07, 6.45) is 0. The van der Waals surface area contributed by atoms with Gasteiger partial charge < -0.3 is 10.1 Å². The lowest BCUT2D eigenvalue weighted by atomic mass is 10.3. The van der Waals surface area contributed by atoms with Crippen LogP contribution in [0.3, 0.4) is 0 Å². The van der Waals surface area contributed by atoms with Gasteiger partial charge in [-0.2, -0.15) is 14.0 Å². The number of aryl methyl sites for hydroxylation is 2. The lowest BCUT2D eigenvalue weighted by molar-refractivity contribution is -0.113. The Morgan fingerprint density at radius 1 is 1.32 bits per heavy atom. The number of hydrogen-bond donors (Lipinski definition) is 1. The van der Waals surface area contributed by atoms with Gasteiger partial charge in [0.25, 0.3) is 0 Å². The van der Waals surface area contributed by atoms with Gasteiger partial charge in [-0.15, -0.1) is 0 Å². The van der Waals surface area contributed by atoms with Crippen LogP contribution in [0.15, 0.2) is 29.3 Å². The molecule has 1 aromatic carbocycles. The quantitative estimate of drug-likeness (QED) is 0.625. The Kier molecular flexibility index (Phi) is 6.25. The van der Waals surface area contributed by atoms with E-state index in [0.29, 0.717) is 27.8 Å². The molecule has 0 fully saturated rings. The molecule has 0 aliphatic rings. The number of aromatic nitrogens is 2. The molecule has 0 radical (unpaired) electrons. The van der Waals surface area contributed by atoms with Crippen molar-refractivity contribution in [3.05, 3.63) is 41.3 Å². The van der Waals surface area contributed by atoms with Gasteiger partial charge in [-0.25, -0.2) is 9.97 Å². The smallest absolute Gasteiger partial charge is 0.387 e. The Morgan fingerprint density at radius 3 is 2.60 bits per heavy atom. The molecule has 0 atom stereocenters. The van der Waals surface area contributed by atoms with E-state index in [1.807, 2.05) is 6.07 Å². The van der Waals surface area contributed by atoms with Crippen molar-refractivity contribution in [1.82, 2.24) is 9.97 Å². The topological polar surface area (TPSA) is 87.9 Å². The number of alkyl halides is 2. The maximum absolute atomic E-state index is 12.1. The van der Waals surface area contributed by atoms with Crippen LogP contribution in [-0.2, 0) is 4.79 Å². The highest BCUT2D eigenvalue weighted by atomic mass is 32.2. The predicted molar refractivity (Wildman–Crippen MR) is 88.6 cm³/mol. The second-order valence-electron chi connectivity index (χ2n) is 4.89. The van der Waals surface area contributed by atoms with Gasteiger partial charge in [-0.3, -0.25) is 4.79 Å². The molecule has 130 valence electrons. The largest absolute Gasteiger partial charge is 0.435 e. The fourth-order valence-corrected chi connectivity index (χ4v) is 2.84. The summed E-state index contributed by atoms with van der Waals surface area (Å²) in [5.74, 6) is 0.257. The van der Waals surface area contributed by atoms with Gasteiger partial charge in [0.05, 0.1) is 11.4 Å². The Morgan fingerprint density at radius 2 is 2.00 bits per heavy atom. The number of carbonyl (C=O) groups is 1. The molecule has 6 nitrogen and oxygen atoms in total. The number of anilines is 1. The van der Waals surface area contributed by atoms with Crippen molar-refractivity contribution in [3.8, 4) is 11.8 Å². The van der Waals surface area contributed by atoms with Crippen LogP contribution >= 0.6 is 11.8 Å². The molecule has 1 aromatic heterocycles. The second kappa shape index (κ2) is 8.39. The van der Waals surface area contributed by atoms with Crippen LogP contribution in [0.25, 0.3) is 0 Å². The maximum atomic E-state index is 12.1. The van der Waals surface area contributed by atoms with E-state index in [4.69, 9.17) is 5.26 Å². The van der Waals surface area contributed by atoms with Crippen molar-refractivity contribution in [2.75, 3.05) is 11.1 Å². The van der Waals surface area contributed by atoms with E-state index in [2.05, 4.69) is 20.0 Å². The monoisotopic (exact) mass is 364 g/mol. The fraction of sp³-hybridized carbons (Fsp3) is 0.250. The number of halogens is 2. The minimum absolute atomic E-state index is 0.00738. The van der Waals surface area contributed by atoms with Crippen LogP contribution in [0.1, 0.15) is 17.1 Å². The summed E-state index contributed by atoms with van der Waals surface area (Å²) < 4.78 is 28.4. The molecule has 0 saturated heterocycles. The van der Waals surface area contributed by atoms with Crippen molar-refractivity contribution in [3.63, 3.8) is 0 Å². The van der Waals surface area contributed by atoms with E-state index < -0.39 is 6.61 Å². The average molecular weight is 364 g/mol. The van der Waals surface area contributed by atoms with E-state index >= 15 is 0 Å². The normalized spacial score (nSPS) is 10.4. The third-order valence-corrected chi connectivity index (χ3v) is 3.96. The Balaban J connectivity index is 1.96. The molecule has 2 aromatic rings. The van der Waals surface area contributed by atoms with Gasteiger partial charge in [-0.1, -0.05) is 11.8 Å². The maximum Gasteiger partial charge on any atom is 0.387 e. The zero-order valence-corrected chi connectivity index (χ0v) is 14.2. The van der Waals surface area contributed by atoms with Gasteiger partial charge in [0.2, 0.25) is 5.91 Å².